The summed E-state index contributed by atoms with van der Waals surface area (Å²) in [6.07, 6.45) is 0. The van der Waals surface area contributed by atoms with Crippen LogP contribution in [0.15, 0.2) is 24.3 Å². The first-order valence-electron chi connectivity index (χ1n) is 3.09. The van der Waals surface area contributed by atoms with Gasteiger partial charge in [0.2, 0.25) is 0 Å². The van der Waals surface area contributed by atoms with Gasteiger partial charge in [0.15, 0.2) is 0 Å². The van der Waals surface area contributed by atoms with E-state index in [4.69, 9.17) is 12.1 Å². The van der Waals surface area contributed by atoms with Gasteiger partial charge in [-0.3, -0.25) is 0 Å². The van der Waals surface area contributed by atoms with Crippen molar-refractivity contribution in [1.29, 1.82) is 0 Å². The summed E-state index contributed by atoms with van der Waals surface area (Å²) in [4.78, 5) is 0. The van der Waals surface area contributed by atoms with Gasteiger partial charge in [-0.15, -0.1) is 0 Å². The van der Waals surface area contributed by atoms with Crippen molar-refractivity contribution in [2.75, 3.05) is 0 Å². The van der Waals surface area contributed by atoms with E-state index in [2.05, 4.69) is 0 Å². The normalized spacial score (nSPS) is 13.7. The quantitative estimate of drug-likeness (QED) is 0.430. The van der Waals surface area contributed by atoms with Gasteiger partial charge in [-0.25, -0.2) is 0 Å². The maximum atomic E-state index is 5.51. The molecule has 1 nitrogen and oxygen atoms in total. The van der Waals surface area contributed by atoms with E-state index in [1.165, 1.54) is 0 Å². The molecule has 1 heterocycles. The minimum atomic E-state index is 0.496. The Morgan fingerprint density at radius 1 is 1.30 bits per heavy atom. The van der Waals surface area contributed by atoms with Crippen molar-refractivity contribution in [3.8, 4) is 0 Å². The van der Waals surface area contributed by atoms with Crippen molar-refractivity contribution in [3.63, 3.8) is 0 Å². The fourth-order valence-electron chi connectivity index (χ4n) is 1.01. The Morgan fingerprint density at radius 2 is 2.10 bits per heavy atom. The summed E-state index contributed by atoms with van der Waals surface area (Å²) in [5, 5.41) is 0. The van der Waals surface area contributed by atoms with E-state index in [1.54, 1.807) is 7.48 Å². The summed E-state index contributed by atoms with van der Waals surface area (Å²) in [5.41, 5.74) is 2.54. The Balaban J connectivity index is 2.61. The maximum absolute atomic E-state index is 5.51. The molecule has 0 amide bonds. The molecule has 2 rings (SSSR count). The fourth-order valence-corrected chi connectivity index (χ4v) is 1.01. The zero-order valence-electron chi connectivity index (χ0n) is 5.37. The van der Waals surface area contributed by atoms with Crippen LogP contribution in [0.3, 0.4) is 0 Å². The van der Waals surface area contributed by atoms with Crippen molar-refractivity contribution < 1.29 is 4.65 Å². The molecular formula is C7H4B2O. The van der Waals surface area contributed by atoms with Crippen molar-refractivity contribution >= 4 is 26.1 Å². The first kappa shape index (κ1) is 5.78. The molecule has 44 valence electrons. The van der Waals surface area contributed by atoms with Gasteiger partial charge in [0, 0.05) is 0 Å². The molecule has 0 spiro atoms. The number of hydrogen-bond donors (Lipinski definition) is 0. The summed E-state index contributed by atoms with van der Waals surface area (Å²) in [7, 11) is 7.17. The molecule has 0 N–H and O–H groups in total. The third-order valence-electron chi connectivity index (χ3n) is 1.54. The third-order valence-corrected chi connectivity index (χ3v) is 1.54. The van der Waals surface area contributed by atoms with Crippen LogP contribution in [0, 0.1) is 0 Å². The van der Waals surface area contributed by atoms with Crippen molar-refractivity contribution in [3.05, 3.63) is 29.8 Å². The molecule has 0 atom stereocenters. The molecule has 1 aromatic rings. The van der Waals surface area contributed by atoms with Crippen LogP contribution in [0.25, 0.3) is 0 Å². The number of fused-ring (bicyclic) bond motifs is 1. The predicted octanol–water partition coefficient (Wildman–Crippen LogP) is -0.392. The second-order valence-electron chi connectivity index (χ2n) is 2.19. The molecule has 0 saturated carbocycles. The van der Waals surface area contributed by atoms with Gasteiger partial charge < -0.3 is 0 Å². The van der Waals surface area contributed by atoms with Crippen LogP contribution < -0.4 is 5.46 Å². The summed E-state index contributed by atoms with van der Waals surface area (Å²) < 4.78 is 4.99. The van der Waals surface area contributed by atoms with E-state index in [0.717, 1.165) is 11.0 Å². The predicted molar refractivity (Wildman–Crippen MR) is 42.8 cm³/mol. The zero-order valence-corrected chi connectivity index (χ0v) is 5.37. The Labute approximate surface area is 61.4 Å². The minimum absolute atomic E-state index is 0.496. The van der Waals surface area contributed by atoms with Crippen LogP contribution in [-0.4, -0.2) is 20.6 Å². The van der Waals surface area contributed by atoms with Crippen LogP contribution in [0.1, 0.15) is 5.56 Å². The van der Waals surface area contributed by atoms with Gasteiger partial charge in [-0.05, 0) is 0 Å². The third kappa shape index (κ3) is 0.703. The molecule has 0 unspecified atom stereocenters. The van der Waals surface area contributed by atoms with Crippen LogP contribution in [0.5, 0.6) is 0 Å². The molecule has 0 fully saturated rings. The molecule has 0 bridgehead atoms. The van der Waals surface area contributed by atoms with Crippen molar-refractivity contribution in [2.45, 2.75) is 0 Å². The van der Waals surface area contributed by atoms with E-state index in [0.29, 0.717) is 5.65 Å². The second-order valence-corrected chi connectivity index (χ2v) is 2.19. The number of benzene rings is 1. The molecule has 1 aliphatic heterocycles. The molecule has 0 aliphatic carbocycles. The molecule has 0 aromatic heterocycles. The van der Waals surface area contributed by atoms with Gasteiger partial charge in [-0.2, -0.15) is 0 Å². The Bertz CT molecular complexity index is 283. The molecule has 3 heteroatoms. The van der Waals surface area contributed by atoms with E-state index < -0.39 is 0 Å². The van der Waals surface area contributed by atoms with Crippen molar-refractivity contribution in [1.82, 2.24) is 0 Å². The summed E-state index contributed by atoms with van der Waals surface area (Å²) >= 11 is 0. The van der Waals surface area contributed by atoms with Gasteiger partial charge in [0.1, 0.15) is 0 Å². The molecule has 0 saturated heterocycles. The summed E-state index contributed by atoms with van der Waals surface area (Å²) in [6.45, 7) is 0. The van der Waals surface area contributed by atoms with Gasteiger partial charge in [0.25, 0.3) is 0 Å². The molecule has 10 heavy (non-hydrogen) atoms. The summed E-state index contributed by atoms with van der Waals surface area (Å²) in [5.74, 6) is 0. The molecular weight excluding hydrogens is 122 g/mol. The van der Waals surface area contributed by atoms with E-state index in [1.807, 2.05) is 24.3 Å². The summed E-state index contributed by atoms with van der Waals surface area (Å²) in [6, 6.07) is 7.80. The fraction of sp³-hybridized carbons (Fsp3) is 0. The van der Waals surface area contributed by atoms with Gasteiger partial charge in [-0.1, -0.05) is 0 Å². The Kier molecular flexibility index (Phi) is 1.16. The Hall–Kier alpha value is -0.980. The zero-order chi connectivity index (χ0) is 6.97. The van der Waals surface area contributed by atoms with Crippen LogP contribution in [0.2, 0.25) is 0 Å². The second kappa shape index (κ2) is 2.01. The number of rotatable bonds is 0. The average molecular weight is 126 g/mol. The van der Waals surface area contributed by atoms with Crippen LogP contribution in [0.4, 0.5) is 0 Å². The van der Waals surface area contributed by atoms with Gasteiger partial charge in [0.05, 0.1) is 0 Å². The van der Waals surface area contributed by atoms with E-state index >= 15 is 0 Å². The first-order valence-corrected chi connectivity index (χ1v) is 3.09. The SMILES string of the molecule is [B]=C1O[B]c2ccccc21. The van der Waals surface area contributed by atoms with Crippen molar-refractivity contribution in [2.24, 2.45) is 0 Å². The van der Waals surface area contributed by atoms with E-state index in [-0.39, 0.29) is 0 Å². The van der Waals surface area contributed by atoms with Crippen LogP contribution >= 0.6 is 0 Å². The number of hydrogen-bond acceptors (Lipinski definition) is 1. The van der Waals surface area contributed by atoms with Crippen LogP contribution in [-0.2, 0) is 4.65 Å². The standard InChI is InChI=1S/C7H4B2O/c8-7-5-3-1-2-4-6(5)9-10-7/h1-4H. The topological polar surface area (TPSA) is 9.23 Å². The van der Waals surface area contributed by atoms with E-state index in [9.17, 15) is 0 Å². The molecule has 1 aromatic carbocycles. The average Bonchev–Trinajstić information content (AvgIpc) is 2.34. The molecule has 2 radical (unpaired) electrons. The van der Waals surface area contributed by atoms with Gasteiger partial charge >= 0.3 is 60.6 Å². The molecule has 1 aliphatic rings. The first-order chi connectivity index (χ1) is 4.88. The monoisotopic (exact) mass is 126 g/mol. The Morgan fingerprint density at radius 3 is 2.90 bits per heavy atom.